The summed E-state index contributed by atoms with van der Waals surface area (Å²) in [6, 6.07) is 0. The molecule has 0 spiro atoms. The van der Waals surface area contributed by atoms with Crippen LogP contribution in [0.2, 0.25) is 58.9 Å². The van der Waals surface area contributed by atoms with Crippen molar-refractivity contribution >= 4 is 30.9 Å². The highest BCUT2D eigenvalue weighted by atomic mass is 28.4. The van der Waals surface area contributed by atoms with Crippen LogP contribution >= 0.6 is 0 Å². The highest BCUT2D eigenvalue weighted by Crippen LogP contribution is 2.24. The summed E-state index contributed by atoms with van der Waals surface area (Å²) in [6.45, 7) is 21.3. The summed E-state index contributed by atoms with van der Waals surface area (Å²) < 4.78 is 24.1. The molecule has 0 saturated carbocycles. The Bertz CT molecular complexity index is 591. The fourth-order valence-electron chi connectivity index (χ4n) is 4.02. The number of carbonyl (C=O) groups excluding carboxylic acids is 1. The van der Waals surface area contributed by atoms with E-state index < -0.39 is 25.0 Å². The minimum Gasteiger partial charge on any atom is -0.469 e. The van der Waals surface area contributed by atoms with Crippen LogP contribution in [-0.2, 0) is 22.8 Å². The van der Waals surface area contributed by atoms with Crippen LogP contribution in [0.3, 0.4) is 0 Å². The first-order chi connectivity index (χ1) is 16.6. The van der Waals surface area contributed by atoms with Gasteiger partial charge in [0.05, 0.1) is 19.3 Å². The molecule has 2 unspecified atom stereocenters. The molecule has 0 aromatic rings. The molecule has 0 N–H and O–H groups in total. The minimum absolute atomic E-state index is 0.103. The van der Waals surface area contributed by atoms with Gasteiger partial charge in [-0.05, 0) is 97.4 Å². The molecular formula is C28H60O5Si3. The van der Waals surface area contributed by atoms with Gasteiger partial charge in [-0.2, -0.15) is 0 Å². The molecule has 0 aliphatic rings. The second kappa shape index (κ2) is 18.9. The molecular weight excluding hydrogens is 501 g/mol. The van der Waals surface area contributed by atoms with E-state index in [1.165, 1.54) is 26.4 Å². The molecule has 0 saturated heterocycles. The van der Waals surface area contributed by atoms with Crippen molar-refractivity contribution in [3.05, 3.63) is 12.2 Å². The maximum atomic E-state index is 11.3. The monoisotopic (exact) mass is 560 g/mol. The van der Waals surface area contributed by atoms with Crippen LogP contribution in [-0.4, -0.2) is 56.8 Å². The zero-order valence-electron chi connectivity index (χ0n) is 25.5. The third-order valence-electron chi connectivity index (χ3n) is 5.61. The van der Waals surface area contributed by atoms with Crippen molar-refractivity contribution in [1.82, 2.24) is 0 Å². The second-order valence-corrected chi connectivity index (χ2v) is 26.4. The Morgan fingerprint density at radius 3 is 1.81 bits per heavy atom. The average molecular weight is 561 g/mol. The van der Waals surface area contributed by atoms with Crippen molar-refractivity contribution in [2.24, 2.45) is 0 Å². The van der Waals surface area contributed by atoms with Crippen molar-refractivity contribution in [2.45, 2.75) is 148 Å². The van der Waals surface area contributed by atoms with Crippen molar-refractivity contribution in [3.8, 4) is 0 Å². The number of allylic oxidation sites excluding steroid dienone is 1. The summed E-state index contributed by atoms with van der Waals surface area (Å²) in [5, 5.41) is 0. The fraction of sp³-hybridized carbons (Fsp3) is 0.893. The van der Waals surface area contributed by atoms with Gasteiger partial charge in [-0.3, -0.25) is 4.79 Å². The number of unbranched alkanes of at least 4 members (excludes halogenated alkanes) is 7. The molecule has 36 heavy (non-hydrogen) atoms. The molecule has 0 bridgehead atoms. The van der Waals surface area contributed by atoms with E-state index in [0.29, 0.717) is 6.42 Å². The third kappa shape index (κ3) is 24.1. The quantitative estimate of drug-likeness (QED) is 0.0573. The predicted octanol–water partition coefficient (Wildman–Crippen LogP) is 8.69. The number of methoxy groups -OCH3 is 1. The van der Waals surface area contributed by atoms with Crippen LogP contribution in [0.5, 0.6) is 0 Å². The van der Waals surface area contributed by atoms with E-state index in [4.69, 9.17) is 18.0 Å². The molecule has 0 aliphatic carbocycles. The first-order valence-electron chi connectivity index (χ1n) is 14.3. The van der Waals surface area contributed by atoms with Crippen LogP contribution in [0.25, 0.3) is 0 Å². The number of esters is 1. The van der Waals surface area contributed by atoms with Crippen molar-refractivity contribution in [1.29, 1.82) is 0 Å². The van der Waals surface area contributed by atoms with E-state index in [0.717, 1.165) is 58.0 Å². The van der Waals surface area contributed by atoms with Gasteiger partial charge in [0.2, 0.25) is 0 Å². The normalized spacial score (nSPS) is 14.8. The zero-order chi connectivity index (χ0) is 27.7. The molecule has 214 valence electrons. The average Bonchev–Trinajstić information content (AvgIpc) is 2.73. The lowest BCUT2D eigenvalue weighted by molar-refractivity contribution is -0.140. The van der Waals surface area contributed by atoms with Gasteiger partial charge in [-0.15, -0.1) is 0 Å². The van der Waals surface area contributed by atoms with Crippen molar-refractivity contribution in [3.63, 3.8) is 0 Å². The van der Waals surface area contributed by atoms with Crippen LogP contribution in [0.4, 0.5) is 0 Å². The smallest absolute Gasteiger partial charge is 0.305 e. The fourth-order valence-corrected chi connectivity index (χ4v) is 7.11. The Labute approximate surface area is 227 Å². The standard InChI is InChI=1S/C28H60O5Si3/c1-30-28(29)24-20-16-13-15-19-23-27(33-36(8,9)10)26(32-35(5,6)7)22-18-14-11-12-17-21-25-31-34(2,3)4/h14,18,26-27H,11-13,15-17,19-25H2,1-10H3. The Morgan fingerprint density at radius 1 is 0.667 bits per heavy atom. The maximum Gasteiger partial charge on any atom is 0.305 e. The Morgan fingerprint density at radius 2 is 1.22 bits per heavy atom. The molecule has 2 atom stereocenters. The number of rotatable bonds is 22. The highest BCUT2D eigenvalue weighted by Gasteiger charge is 2.31. The molecule has 5 nitrogen and oxygen atoms in total. The van der Waals surface area contributed by atoms with E-state index in [1.54, 1.807) is 0 Å². The molecule has 0 rings (SSSR count). The SMILES string of the molecule is COC(=O)CCCCCCCC(O[Si](C)(C)C)C(CC=CCCCCCO[Si](C)(C)C)O[Si](C)(C)C. The molecule has 0 fully saturated rings. The lowest BCUT2D eigenvalue weighted by Crippen LogP contribution is -2.44. The molecule has 0 heterocycles. The van der Waals surface area contributed by atoms with E-state index in [9.17, 15) is 4.79 Å². The summed E-state index contributed by atoms with van der Waals surface area (Å²) in [5.41, 5.74) is 0. The van der Waals surface area contributed by atoms with Crippen LogP contribution in [0.15, 0.2) is 12.2 Å². The van der Waals surface area contributed by atoms with Gasteiger partial charge in [0.15, 0.2) is 25.0 Å². The minimum atomic E-state index is -1.70. The summed E-state index contributed by atoms with van der Waals surface area (Å²) >= 11 is 0. The van der Waals surface area contributed by atoms with Crippen LogP contribution < -0.4 is 0 Å². The van der Waals surface area contributed by atoms with Gasteiger partial charge in [0.1, 0.15) is 0 Å². The number of hydrogen-bond acceptors (Lipinski definition) is 5. The summed E-state index contributed by atoms with van der Waals surface area (Å²) in [7, 11) is -3.30. The largest absolute Gasteiger partial charge is 0.469 e. The number of carbonyl (C=O) groups is 1. The Hall–Kier alpha value is -0.259. The van der Waals surface area contributed by atoms with Gasteiger partial charge < -0.3 is 18.0 Å². The molecule has 0 aliphatic heterocycles. The maximum absolute atomic E-state index is 11.3. The summed E-state index contributed by atoms with van der Waals surface area (Å²) in [5.74, 6) is -0.103. The van der Waals surface area contributed by atoms with Crippen molar-refractivity contribution in [2.75, 3.05) is 13.7 Å². The molecule has 8 heteroatoms. The number of ether oxygens (including phenoxy) is 1. The van der Waals surface area contributed by atoms with E-state index in [-0.39, 0.29) is 18.2 Å². The molecule has 0 amide bonds. The highest BCUT2D eigenvalue weighted by molar-refractivity contribution is 6.70. The van der Waals surface area contributed by atoms with Gasteiger partial charge >= 0.3 is 5.97 Å². The lowest BCUT2D eigenvalue weighted by atomic mass is 10.0. The first kappa shape index (κ1) is 35.7. The van der Waals surface area contributed by atoms with E-state index in [2.05, 4.69) is 71.1 Å². The first-order valence-corrected chi connectivity index (χ1v) is 24.6. The van der Waals surface area contributed by atoms with Crippen LogP contribution in [0.1, 0.15) is 77.0 Å². The summed E-state index contributed by atoms with van der Waals surface area (Å²) in [6.07, 6.45) is 17.6. The summed E-state index contributed by atoms with van der Waals surface area (Å²) in [4.78, 5) is 11.3. The van der Waals surface area contributed by atoms with Gasteiger partial charge in [-0.25, -0.2) is 0 Å². The van der Waals surface area contributed by atoms with Crippen molar-refractivity contribution < 1.29 is 22.8 Å². The van der Waals surface area contributed by atoms with E-state index in [1.807, 2.05) is 0 Å². The lowest BCUT2D eigenvalue weighted by Gasteiger charge is -2.36. The third-order valence-corrected chi connectivity index (χ3v) is 8.70. The number of hydrogen-bond donors (Lipinski definition) is 0. The molecule has 0 radical (unpaired) electrons. The van der Waals surface area contributed by atoms with E-state index >= 15 is 0 Å². The van der Waals surface area contributed by atoms with Crippen LogP contribution in [0, 0.1) is 0 Å². The Kier molecular flexibility index (Phi) is 18.8. The predicted molar refractivity (Wildman–Crippen MR) is 162 cm³/mol. The molecule has 0 aromatic carbocycles. The van der Waals surface area contributed by atoms with Gasteiger partial charge in [0, 0.05) is 13.0 Å². The van der Waals surface area contributed by atoms with Gasteiger partial charge in [-0.1, -0.05) is 44.3 Å². The van der Waals surface area contributed by atoms with Gasteiger partial charge in [0.25, 0.3) is 0 Å². The zero-order valence-corrected chi connectivity index (χ0v) is 28.5. The second-order valence-electron chi connectivity index (χ2n) is 12.9. The Balaban J connectivity index is 4.71. The topological polar surface area (TPSA) is 54.0 Å². The molecule has 0 aromatic heterocycles.